The van der Waals surface area contributed by atoms with Crippen molar-refractivity contribution in [3.8, 4) is 5.75 Å². The Bertz CT molecular complexity index is 1040. The van der Waals surface area contributed by atoms with E-state index in [0.29, 0.717) is 22.8 Å². The van der Waals surface area contributed by atoms with Gasteiger partial charge in [-0.05, 0) is 50.5 Å². The van der Waals surface area contributed by atoms with E-state index in [0.717, 1.165) is 31.4 Å². The van der Waals surface area contributed by atoms with Crippen LogP contribution in [-0.2, 0) is 4.74 Å². The van der Waals surface area contributed by atoms with Crippen LogP contribution in [0.1, 0.15) is 48.1 Å². The molecule has 8 heteroatoms. The molecule has 0 aliphatic carbocycles. The summed E-state index contributed by atoms with van der Waals surface area (Å²) in [5.41, 5.74) is 1.56. The van der Waals surface area contributed by atoms with Gasteiger partial charge in [0.1, 0.15) is 22.9 Å². The molecule has 3 aromatic rings. The van der Waals surface area contributed by atoms with Crippen molar-refractivity contribution in [2.24, 2.45) is 0 Å². The number of anilines is 1. The monoisotopic (exact) mass is 398 g/mol. The molecule has 0 saturated carbocycles. The van der Waals surface area contributed by atoms with Crippen LogP contribution in [0.3, 0.4) is 0 Å². The Morgan fingerprint density at radius 3 is 2.97 bits per heavy atom. The van der Waals surface area contributed by atoms with Crippen molar-refractivity contribution in [1.82, 2.24) is 14.6 Å². The molecule has 1 aromatic carbocycles. The van der Waals surface area contributed by atoms with Gasteiger partial charge in [-0.15, -0.1) is 0 Å². The summed E-state index contributed by atoms with van der Waals surface area (Å²) in [7, 11) is 1.59. The minimum Gasteiger partial charge on any atom is -0.496 e. The third kappa shape index (κ3) is 3.62. The number of rotatable bonds is 5. The van der Waals surface area contributed by atoms with Gasteiger partial charge < -0.3 is 14.4 Å². The topological polar surface area (TPSA) is 69.0 Å². The number of nitrogens with zero attached hydrogens (tertiary/aromatic N) is 4. The van der Waals surface area contributed by atoms with Gasteiger partial charge in [-0.1, -0.05) is 0 Å². The van der Waals surface area contributed by atoms with Crippen LogP contribution in [0.2, 0.25) is 0 Å². The Hall–Kier alpha value is -3.16. The van der Waals surface area contributed by atoms with Crippen LogP contribution in [0.5, 0.6) is 5.75 Å². The minimum absolute atomic E-state index is 0.0710. The van der Waals surface area contributed by atoms with E-state index >= 15 is 0 Å². The first-order valence-corrected chi connectivity index (χ1v) is 9.74. The van der Waals surface area contributed by atoms with E-state index in [2.05, 4.69) is 10.00 Å². The number of carbonyl (C=O) groups is 1. The second kappa shape index (κ2) is 8.06. The van der Waals surface area contributed by atoms with Gasteiger partial charge in [0.15, 0.2) is 5.65 Å². The average Bonchev–Trinajstić information content (AvgIpc) is 3.17. The lowest BCUT2D eigenvalue weighted by atomic mass is 9.94. The Morgan fingerprint density at radius 1 is 1.31 bits per heavy atom. The van der Waals surface area contributed by atoms with Crippen LogP contribution >= 0.6 is 0 Å². The maximum atomic E-state index is 14.0. The Kier molecular flexibility index (Phi) is 5.33. The van der Waals surface area contributed by atoms with Crippen LogP contribution in [0.4, 0.5) is 10.2 Å². The zero-order valence-electron chi connectivity index (χ0n) is 16.5. The molecule has 1 atom stereocenters. The second-order valence-corrected chi connectivity index (χ2v) is 6.92. The van der Waals surface area contributed by atoms with Crippen LogP contribution < -0.4 is 9.64 Å². The van der Waals surface area contributed by atoms with E-state index in [1.807, 2.05) is 6.07 Å². The Balaban J connectivity index is 1.76. The van der Waals surface area contributed by atoms with Gasteiger partial charge in [-0.3, -0.25) is 0 Å². The van der Waals surface area contributed by atoms with Gasteiger partial charge in [-0.25, -0.2) is 18.7 Å². The zero-order chi connectivity index (χ0) is 20.4. The van der Waals surface area contributed by atoms with Crippen molar-refractivity contribution in [2.75, 3.05) is 25.2 Å². The molecule has 152 valence electrons. The van der Waals surface area contributed by atoms with Crippen molar-refractivity contribution in [1.29, 1.82) is 0 Å². The van der Waals surface area contributed by atoms with E-state index in [1.165, 1.54) is 18.3 Å². The lowest BCUT2D eigenvalue weighted by molar-refractivity contribution is 0.0528. The maximum absolute atomic E-state index is 14.0. The van der Waals surface area contributed by atoms with Gasteiger partial charge >= 0.3 is 5.97 Å². The second-order valence-electron chi connectivity index (χ2n) is 6.92. The number of halogens is 1. The zero-order valence-corrected chi connectivity index (χ0v) is 16.5. The Labute approximate surface area is 168 Å². The number of methoxy groups -OCH3 is 1. The van der Waals surface area contributed by atoms with Crippen LogP contribution in [-0.4, -0.2) is 40.8 Å². The molecule has 0 spiro atoms. The molecular weight excluding hydrogens is 375 g/mol. The van der Waals surface area contributed by atoms with Gasteiger partial charge in [0.25, 0.3) is 0 Å². The van der Waals surface area contributed by atoms with Crippen LogP contribution in [0.15, 0.2) is 36.7 Å². The van der Waals surface area contributed by atoms with E-state index in [4.69, 9.17) is 14.5 Å². The predicted molar refractivity (Wildman–Crippen MR) is 106 cm³/mol. The van der Waals surface area contributed by atoms with Crippen molar-refractivity contribution in [3.63, 3.8) is 0 Å². The van der Waals surface area contributed by atoms with Gasteiger partial charge in [-0.2, -0.15) is 5.10 Å². The first-order chi connectivity index (χ1) is 14.1. The molecule has 0 N–H and O–H groups in total. The van der Waals surface area contributed by atoms with Crippen molar-refractivity contribution in [2.45, 2.75) is 32.2 Å². The van der Waals surface area contributed by atoms with Crippen molar-refractivity contribution in [3.05, 3.63) is 53.6 Å². The lowest BCUT2D eigenvalue weighted by Crippen LogP contribution is -2.34. The Morgan fingerprint density at radius 2 is 2.17 bits per heavy atom. The molecule has 2 aromatic heterocycles. The molecule has 0 amide bonds. The molecule has 0 radical (unpaired) electrons. The quantitative estimate of drug-likeness (QED) is 0.609. The molecule has 29 heavy (non-hydrogen) atoms. The molecule has 1 unspecified atom stereocenters. The fourth-order valence-electron chi connectivity index (χ4n) is 3.87. The van der Waals surface area contributed by atoms with Crippen LogP contribution in [0, 0.1) is 5.82 Å². The molecule has 1 aliphatic rings. The number of carbonyl (C=O) groups excluding carboxylic acids is 1. The third-order valence-electron chi connectivity index (χ3n) is 5.20. The molecule has 1 saturated heterocycles. The normalized spacial score (nSPS) is 16.8. The summed E-state index contributed by atoms with van der Waals surface area (Å²) in [5.74, 6) is 0.616. The molecule has 4 rings (SSSR count). The van der Waals surface area contributed by atoms with E-state index in [-0.39, 0.29) is 18.5 Å². The van der Waals surface area contributed by atoms with Gasteiger partial charge in [0.05, 0.1) is 26.0 Å². The average molecular weight is 398 g/mol. The van der Waals surface area contributed by atoms with Crippen LogP contribution in [0.25, 0.3) is 5.65 Å². The minimum atomic E-state index is -0.450. The molecular formula is C21H23FN4O3. The number of aromatic nitrogens is 3. The SMILES string of the molecule is CCOC(=O)c1cnn2ccc(N3CCCCC3c3cc(F)ccc3OC)nc12. The van der Waals surface area contributed by atoms with E-state index < -0.39 is 5.97 Å². The first kappa shape index (κ1) is 19.2. The van der Waals surface area contributed by atoms with E-state index in [1.54, 1.807) is 30.8 Å². The number of fused-ring (bicyclic) bond motifs is 1. The largest absolute Gasteiger partial charge is 0.496 e. The van der Waals surface area contributed by atoms with Gasteiger partial charge in [0.2, 0.25) is 0 Å². The number of piperidine rings is 1. The lowest BCUT2D eigenvalue weighted by Gasteiger charge is -2.37. The highest BCUT2D eigenvalue weighted by atomic mass is 19.1. The molecule has 3 heterocycles. The maximum Gasteiger partial charge on any atom is 0.343 e. The predicted octanol–water partition coefficient (Wildman–Crippen LogP) is 3.79. The highest BCUT2D eigenvalue weighted by Crippen LogP contribution is 2.38. The summed E-state index contributed by atoms with van der Waals surface area (Å²) in [6.07, 6.45) is 6.13. The summed E-state index contributed by atoms with van der Waals surface area (Å²) >= 11 is 0. The first-order valence-electron chi connectivity index (χ1n) is 9.74. The standard InChI is InChI=1S/C21H23FN4O3/c1-3-29-21(27)16-13-23-26-11-9-19(24-20(16)26)25-10-5-4-6-17(25)15-12-14(22)7-8-18(15)28-2/h7-9,11-13,17H,3-6,10H2,1-2H3. The molecule has 0 bridgehead atoms. The molecule has 1 fully saturated rings. The van der Waals surface area contributed by atoms with Crippen molar-refractivity contribution < 1.29 is 18.7 Å². The fourth-order valence-corrected chi connectivity index (χ4v) is 3.87. The number of hydrogen-bond donors (Lipinski definition) is 0. The third-order valence-corrected chi connectivity index (χ3v) is 5.20. The number of ether oxygens (including phenoxy) is 2. The fraction of sp³-hybridized carbons (Fsp3) is 0.381. The van der Waals surface area contributed by atoms with Gasteiger partial charge in [0, 0.05) is 18.3 Å². The molecule has 1 aliphatic heterocycles. The summed E-state index contributed by atoms with van der Waals surface area (Å²) in [6.45, 7) is 2.81. The summed E-state index contributed by atoms with van der Waals surface area (Å²) < 4.78 is 26.1. The number of hydrogen-bond acceptors (Lipinski definition) is 6. The highest BCUT2D eigenvalue weighted by molar-refractivity contribution is 5.95. The molecule has 7 nitrogen and oxygen atoms in total. The number of esters is 1. The summed E-state index contributed by atoms with van der Waals surface area (Å²) in [4.78, 5) is 19.1. The number of benzene rings is 1. The smallest absolute Gasteiger partial charge is 0.343 e. The van der Waals surface area contributed by atoms with Crippen molar-refractivity contribution >= 4 is 17.4 Å². The summed E-state index contributed by atoms with van der Waals surface area (Å²) in [5, 5.41) is 4.19. The van der Waals surface area contributed by atoms with E-state index in [9.17, 15) is 9.18 Å². The highest BCUT2D eigenvalue weighted by Gasteiger charge is 2.28. The summed E-state index contributed by atoms with van der Waals surface area (Å²) in [6, 6.07) is 6.38.